The molecule has 34 heavy (non-hydrogen) atoms. The molecular weight excluding hydrogens is 469 g/mol. The van der Waals surface area contributed by atoms with Gasteiger partial charge in [-0.3, -0.25) is 9.59 Å². The number of halogens is 1. The first-order valence-electron chi connectivity index (χ1n) is 10.5. The summed E-state index contributed by atoms with van der Waals surface area (Å²) in [5.41, 5.74) is 3.85. The molecule has 4 rings (SSSR count). The van der Waals surface area contributed by atoms with Crippen LogP contribution in [0.3, 0.4) is 0 Å². The Bertz CT molecular complexity index is 1290. The second kappa shape index (κ2) is 10.6. The quantitative estimate of drug-likeness (QED) is 0.285. The van der Waals surface area contributed by atoms with E-state index in [1.807, 2.05) is 55.6 Å². The molecule has 1 heterocycles. The Hall–Kier alpha value is -3.49. The number of thiazole rings is 1. The second-order valence-electron chi connectivity index (χ2n) is 7.64. The Morgan fingerprint density at radius 2 is 1.62 bits per heavy atom. The number of benzene rings is 3. The highest BCUT2D eigenvalue weighted by molar-refractivity contribution is 8.00. The van der Waals surface area contributed by atoms with Crippen molar-refractivity contribution < 1.29 is 14.0 Å². The third-order valence-corrected chi connectivity index (χ3v) is 6.85. The maximum atomic E-state index is 13.1. The summed E-state index contributed by atoms with van der Waals surface area (Å²) in [6.45, 7) is 3.79. The van der Waals surface area contributed by atoms with Crippen molar-refractivity contribution in [2.24, 2.45) is 0 Å². The van der Waals surface area contributed by atoms with E-state index in [0.717, 1.165) is 16.0 Å². The smallest absolute Gasteiger partial charge is 0.255 e. The molecule has 8 heteroatoms. The average Bonchev–Trinajstić information content (AvgIpc) is 3.29. The molecule has 4 aromatic rings. The number of hydrogen-bond acceptors (Lipinski definition) is 5. The fraction of sp³-hybridized carbons (Fsp3) is 0.115. The number of aromatic nitrogens is 1. The third-order valence-electron chi connectivity index (χ3n) is 4.98. The van der Waals surface area contributed by atoms with Gasteiger partial charge >= 0.3 is 0 Å². The van der Waals surface area contributed by atoms with Gasteiger partial charge in [0.2, 0.25) is 5.91 Å². The molecule has 1 unspecified atom stereocenters. The lowest BCUT2D eigenvalue weighted by Gasteiger charge is -2.11. The molecule has 0 fully saturated rings. The molecule has 0 aliphatic rings. The molecule has 0 aliphatic carbocycles. The summed E-state index contributed by atoms with van der Waals surface area (Å²) in [5, 5.41) is 7.68. The summed E-state index contributed by atoms with van der Waals surface area (Å²) < 4.78 is 13.1. The predicted molar refractivity (Wildman–Crippen MR) is 137 cm³/mol. The van der Waals surface area contributed by atoms with Crippen LogP contribution in [-0.2, 0) is 4.79 Å². The van der Waals surface area contributed by atoms with E-state index < -0.39 is 0 Å². The van der Waals surface area contributed by atoms with Gasteiger partial charge in [-0.05, 0) is 74.5 Å². The van der Waals surface area contributed by atoms with Crippen LogP contribution < -0.4 is 10.6 Å². The van der Waals surface area contributed by atoms with E-state index in [2.05, 4.69) is 15.6 Å². The monoisotopic (exact) mass is 491 g/mol. The van der Waals surface area contributed by atoms with Crippen LogP contribution >= 0.6 is 23.1 Å². The van der Waals surface area contributed by atoms with Gasteiger partial charge in [-0.1, -0.05) is 17.7 Å². The van der Waals surface area contributed by atoms with Crippen molar-refractivity contribution in [1.29, 1.82) is 0 Å². The van der Waals surface area contributed by atoms with E-state index in [4.69, 9.17) is 0 Å². The lowest BCUT2D eigenvalue weighted by atomic mass is 10.1. The summed E-state index contributed by atoms with van der Waals surface area (Å²) in [4.78, 5) is 30.3. The van der Waals surface area contributed by atoms with Crippen LogP contribution in [0.1, 0.15) is 22.8 Å². The standard InChI is InChI=1S/C26H22FN3O2S2/c1-16-3-5-19(6-4-16)25(32)28-21-11-13-22(14-12-21)34-17(2)24(31)30-26-29-23(15-33-26)18-7-9-20(27)10-8-18/h3-15,17H,1-2H3,(H,28,32)(H,29,30,31). The van der Waals surface area contributed by atoms with E-state index in [-0.39, 0.29) is 22.9 Å². The number of carbonyl (C=O) groups is 2. The van der Waals surface area contributed by atoms with Crippen molar-refractivity contribution in [3.05, 3.63) is 95.1 Å². The predicted octanol–water partition coefficient (Wildman–Crippen LogP) is 6.63. The second-order valence-corrected chi connectivity index (χ2v) is 9.91. The molecule has 0 bridgehead atoms. The zero-order valence-corrected chi connectivity index (χ0v) is 20.2. The van der Waals surface area contributed by atoms with Crippen LogP contribution in [0.15, 0.2) is 83.1 Å². The van der Waals surface area contributed by atoms with E-state index in [0.29, 0.717) is 22.1 Å². The fourth-order valence-electron chi connectivity index (χ4n) is 3.07. The number of anilines is 2. The first-order valence-corrected chi connectivity index (χ1v) is 12.3. The highest BCUT2D eigenvalue weighted by Crippen LogP contribution is 2.28. The Balaban J connectivity index is 1.31. The molecule has 0 saturated carbocycles. The highest BCUT2D eigenvalue weighted by Gasteiger charge is 2.17. The van der Waals surface area contributed by atoms with E-state index in [1.165, 1.54) is 35.2 Å². The fourth-order valence-corrected chi connectivity index (χ4v) is 4.66. The number of rotatable bonds is 7. The Morgan fingerprint density at radius 3 is 2.29 bits per heavy atom. The van der Waals surface area contributed by atoms with Crippen molar-refractivity contribution in [1.82, 2.24) is 4.98 Å². The molecule has 2 amide bonds. The number of aryl methyl sites for hydroxylation is 1. The first kappa shape index (κ1) is 23.7. The number of thioether (sulfide) groups is 1. The average molecular weight is 492 g/mol. The molecule has 1 atom stereocenters. The van der Waals surface area contributed by atoms with Gasteiger partial charge in [-0.2, -0.15) is 0 Å². The van der Waals surface area contributed by atoms with Crippen molar-refractivity contribution in [2.45, 2.75) is 24.0 Å². The van der Waals surface area contributed by atoms with Crippen LogP contribution in [0.5, 0.6) is 0 Å². The molecule has 2 N–H and O–H groups in total. The molecule has 0 aliphatic heterocycles. The van der Waals surface area contributed by atoms with Crippen molar-refractivity contribution in [3.63, 3.8) is 0 Å². The van der Waals surface area contributed by atoms with Crippen LogP contribution in [0.2, 0.25) is 0 Å². The van der Waals surface area contributed by atoms with Crippen molar-refractivity contribution in [2.75, 3.05) is 10.6 Å². The number of nitrogens with one attached hydrogen (secondary N) is 2. The van der Waals surface area contributed by atoms with Gasteiger partial charge in [0, 0.05) is 27.1 Å². The van der Waals surface area contributed by atoms with E-state index in [1.54, 1.807) is 24.3 Å². The molecule has 0 saturated heterocycles. The summed E-state index contributed by atoms with van der Waals surface area (Å²) in [6, 6.07) is 20.8. The Morgan fingerprint density at radius 1 is 0.941 bits per heavy atom. The van der Waals surface area contributed by atoms with E-state index >= 15 is 0 Å². The minimum absolute atomic E-state index is 0.165. The summed E-state index contributed by atoms with van der Waals surface area (Å²) in [6.07, 6.45) is 0. The van der Waals surface area contributed by atoms with Crippen LogP contribution in [0, 0.1) is 12.7 Å². The van der Waals surface area contributed by atoms with Gasteiger partial charge < -0.3 is 10.6 Å². The van der Waals surface area contributed by atoms with Crippen molar-refractivity contribution in [3.8, 4) is 11.3 Å². The molecule has 0 spiro atoms. The SMILES string of the molecule is Cc1ccc(C(=O)Nc2ccc(SC(C)C(=O)Nc3nc(-c4ccc(F)cc4)cs3)cc2)cc1. The zero-order valence-electron chi connectivity index (χ0n) is 18.5. The molecular formula is C26H22FN3O2S2. The topological polar surface area (TPSA) is 71.1 Å². The van der Waals surface area contributed by atoms with Gasteiger partial charge in [0.05, 0.1) is 10.9 Å². The molecule has 0 radical (unpaired) electrons. The van der Waals surface area contributed by atoms with Crippen LogP contribution in [0.25, 0.3) is 11.3 Å². The van der Waals surface area contributed by atoms with Gasteiger partial charge in [0.25, 0.3) is 5.91 Å². The number of hydrogen-bond donors (Lipinski definition) is 2. The van der Waals surface area contributed by atoms with E-state index in [9.17, 15) is 14.0 Å². The summed E-state index contributed by atoms with van der Waals surface area (Å²) in [5.74, 6) is -0.640. The number of amides is 2. The van der Waals surface area contributed by atoms with Gasteiger partial charge in [-0.15, -0.1) is 23.1 Å². The Kier molecular flexibility index (Phi) is 7.40. The molecule has 5 nitrogen and oxygen atoms in total. The zero-order chi connectivity index (χ0) is 24.1. The minimum Gasteiger partial charge on any atom is -0.322 e. The minimum atomic E-state index is -0.355. The lowest BCUT2D eigenvalue weighted by Crippen LogP contribution is -2.22. The van der Waals surface area contributed by atoms with Gasteiger partial charge in [-0.25, -0.2) is 9.37 Å². The summed E-state index contributed by atoms with van der Waals surface area (Å²) in [7, 11) is 0. The largest absolute Gasteiger partial charge is 0.322 e. The molecule has 1 aromatic heterocycles. The summed E-state index contributed by atoms with van der Waals surface area (Å²) >= 11 is 2.73. The van der Waals surface area contributed by atoms with Gasteiger partial charge in [0.15, 0.2) is 5.13 Å². The van der Waals surface area contributed by atoms with Gasteiger partial charge in [0.1, 0.15) is 5.82 Å². The maximum Gasteiger partial charge on any atom is 0.255 e. The first-order chi connectivity index (χ1) is 16.4. The molecule has 172 valence electrons. The number of carbonyl (C=O) groups excluding carboxylic acids is 2. The number of nitrogens with zero attached hydrogens (tertiary/aromatic N) is 1. The normalized spacial score (nSPS) is 11.6. The Labute approximate surface area is 205 Å². The highest BCUT2D eigenvalue weighted by atomic mass is 32.2. The maximum absolute atomic E-state index is 13.1. The third kappa shape index (κ3) is 6.09. The lowest BCUT2D eigenvalue weighted by molar-refractivity contribution is -0.115. The van der Waals surface area contributed by atoms with Crippen LogP contribution in [-0.4, -0.2) is 22.0 Å². The van der Waals surface area contributed by atoms with Crippen LogP contribution in [0.4, 0.5) is 15.2 Å². The molecule has 3 aromatic carbocycles. The van der Waals surface area contributed by atoms with Crippen molar-refractivity contribution >= 4 is 45.7 Å².